The van der Waals surface area contributed by atoms with E-state index in [0.717, 1.165) is 0 Å². The lowest BCUT2D eigenvalue weighted by atomic mass is 10.1. The average Bonchev–Trinajstić information content (AvgIpc) is 2.60. The normalized spacial score (nSPS) is 9.93. The van der Waals surface area contributed by atoms with Crippen molar-refractivity contribution in [3.05, 3.63) is 29.6 Å². The van der Waals surface area contributed by atoms with Gasteiger partial charge in [0.25, 0.3) is 0 Å². The van der Waals surface area contributed by atoms with E-state index in [1.807, 2.05) is 6.07 Å². The number of carboxylic acid groups (broad SMARTS) is 1. The molecule has 14 heavy (non-hydrogen) atoms. The lowest BCUT2D eigenvalue weighted by Gasteiger charge is -1.93. The van der Waals surface area contributed by atoms with Gasteiger partial charge in [-0.05, 0) is 6.07 Å². The van der Waals surface area contributed by atoms with Gasteiger partial charge in [0.1, 0.15) is 5.65 Å². The maximum absolute atomic E-state index is 10.8. The summed E-state index contributed by atoms with van der Waals surface area (Å²) in [4.78, 5) is 17.4. The molecule has 2 aromatic rings. The van der Waals surface area contributed by atoms with Crippen LogP contribution in [-0.4, -0.2) is 21.0 Å². The molecule has 68 valence electrons. The second-order valence-electron chi connectivity index (χ2n) is 2.70. The zero-order valence-electron chi connectivity index (χ0n) is 6.98. The lowest BCUT2D eigenvalue weighted by Crippen LogP contribution is -1.95. The Balaban J connectivity index is 2.89. The molecule has 0 atom stereocenters. The van der Waals surface area contributed by atoms with E-state index >= 15 is 0 Å². The van der Waals surface area contributed by atoms with E-state index in [2.05, 4.69) is 9.97 Å². The first-order valence-electron chi connectivity index (χ1n) is 3.83. The van der Waals surface area contributed by atoms with Crippen molar-refractivity contribution in [3.8, 4) is 6.07 Å². The van der Waals surface area contributed by atoms with Gasteiger partial charge in [-0.1, -0.05) is 0 Å². The number of H-pyrrole nitrogens is 1. The van der Waals surface area contributed by atoms with Gasteiger partial charge in [0.15, 0.2) is 0 Å². The van der Waals surface area contributed by atoms with Gasteiger partial charge in [-0.25, -0.2) is 9.78 Å². The minimum absolute atomic E-state index is 0.0738. The molecule has 0 bridgehead atoms. The number of carboxylic acids is 1. The third-order valence-corrected chi connectivity index (χ3v) is 1.92. The molecule has 0 saturated heterocycles. The van der Waals surface area contributed by atoms with Gasteiger partial charge in [-0.3, -0.25) is 0 Å². The zero-order valence-corrected chi connectivity index (χ0v) is 6.98. The van der Waals surface area contributed by atoms with Gasteiger partial charge < -0.3 is 10.1 Å². The van der Waals surface area contributed by atoms with Crippen LogP contribution in [0.1, 0.15) is 15.9 Å². The molecule has 0 aliphatic carbocycles. The number of fused-ring (bicyclic) bond motifs is 1. The number of nitriles is 1. The highest BCUT2D eigenvalue weighted by atomic mass is 16.4. The first-order chi connectivity index (χ1) is 6.74. The van der Waals surface area contributed by atoms with Crippen LogP contribution in [0, 0.1) is 11.3 Å². The molecule has 0 fully saturated rings. The van der Waals surface area contributed by atoms with E-state index in [0.29, 0.717) is 16.6 Å². The van der Waals surface area contributed by atoms with Crippen LogP contribution < -0.4 is 0 Å². The summed E-state index contributed by atoms with van der Waals surface area (Å²) in [6.07, 6.45) is 2.80. The summed E-state index contributed by atoms with van der Waals surface area (Å²) < 4.78 is 0. The first kappa shape index (κ1) is 8.26. The summed E-state index contributed by atoms with van der Waals surface area (Å²) >= 11 is 0. The Morgan fingerprint density at radius 1 is 1.64 bits per heavy atom. The fourth-order valence-corrected chi connectivity index (χ4v) is 1.32. The predicted molar refractivity (Wildman–Crippen MR) is 47.8 cm³/mol. The van der Waals surface area contributed by atoms with E-state index in [1.54, 1.807) is 0 Å². The SMILES string of the molecule is N#Cc1ccnc2[nH]cc(C(=O)O)c12. The quantitative estimate of drug-likeness (QED) is 0.700. The van der Waals surface area contributed by atoms with Crippen molar-refractivity contribution in [3.63, 3.8) is 0 Å². The Hall–Kier alpha value is -2.35. The van der Waals surface area contributed by atoms with E-state index in [9.17, 15) is 4.79 Å². The van der Waals surface area contributed by atoms with Crippen molar-refractivity contribution < 1.29 is 9.90 Å². The van der Waals surface area contributed by atoms with E-state index < -0.39 is 5.97 Å². The number of rotatable bonds is 1. The number of pyridine rings is 1. The summed E-state index contributed by atoms with van der Waals surface area (Å²) in [5.74, 6) is -1.07. The molecule has 2 rings (SSSR count). The smallest absolute Gasteiger partial charge is 0.337 e. The fraction of sp³-hybridized carbons (Fsp3) is 0. The highest BCUT2D eigenvalue weighted by molar-refractivity contribution is 6.04. The predicted octanol–water partition coefficient (Wildman–Crippen LogP) is 1.13. The second-order valence-corrected chi connectivity index (χ2v) is 2.70. The molecule has 0 spiro atoms. The van der Waals surface area contributed by atoms with Gasteiger partial charge in [-0.15, -0.1) is 0 Å². The average molecular weight is 187 g/mol. The van der Waals surface area contributed by atoms with Gasteiger partial charge in [0, 0.05) is 12.4 Å². The molecular formula is C9H5N3O2. The summed E-state index contributed by atoms with van der Waals surface area (Å²) in [5.41, 5.74) is 0.805. The lowest BCUT2D eigenvalue weighted by molar-refractivity contribution is 0.0699. The number of nitrogens with zero attached hydrogens (tertiary/aromatic N) is 2. The summed E-state index contributed by atoms with van der Waals surface area (Å²) in [6.45, 7) is 0. The second kappa shape index (κ2) is 2.85. The number of aromatic nitrogens is 2. The van der Waals surface area contributed by atoms with Crippen molar-refractivity contribution in [2.75, 3.05) is 0 Å². The summed E-state index contributed by atoms with van der Waals surface area (Å²) in [7, 11) is 0. The molecular weight excluding hydrogens is 182 g/mol. The van der Waals surface area contributed by atoms with Gasteiger partial charge in [0.2, 0.25) is 0 Å². The standard InChI is InChI=1S/C9H5N3O2/c10-3-5-1-2-11-8-7(5)6(4-12-8)9(13)14/h1-2,4H,(H,11,12)(H,13,14). The van der Waals surface area contributed by atoms with E-state index in [4.69, 9.17) is 10.4 Å². The third-order valence-electron chi connectivity index (χ3n) is 1.92. The zero-order chi connectivity index (χ0) is 10.1. The van der Waals surface area contributed by atoms with E-state index in [-0.39, 0.29) is 5.56 Å². The van der Waals surface area contributed by atoms with Crippen LogP contribution in [0.25, 0.3) is 11.0 Å². The third kappa shape index (κ3) is 1.02. The van der Waals surface area contributed by atoms with Crippen LogP contribution in [0.3, 0.4) is 0 Å². The molecule has 2 heterocycles. The van der Waals surface area contributed by atoms with Crippen molar-refractivity contribution in [1.29, 1.82) is 5.26 Å². The molecule has 0 aromatic carbocycles. The molecule has 0 radical (unpaired) electrons. The van der Waals surface area contributed by atoms with Crippen LogP contribution in [0.2, 0.25) is 0 Å². The summed E-state index contributed by atoms with van der Waals surface area (Å²) in [5, 5.41) is 18.0. The minimum atomic E-state index is -1.07. The first-order valence-corrected chi connectivity index (χ1v) is 3.83. The molecule has 5 nitrogen and oxygen atoms in total. The molecule has 0 aliphatic rings. The minimum Gasteiger partial charge on any atom is -0.478 e. The van der Waals surface area contributed by atoms with Crippen LogP contribution in [0.4, 0.5) is 0 Å². The maximum atomic E-state index is 10.8. The number of nitrogens with one attached hydrogen (secondary N) is 1. The molecule has 2 aromatic heterocycles. The molecule has 2 N–H and O–H groups in total. The summed E-state index contributed by atoms with van der Waals surface area (Å²) in [6, 6.07) is 3.42. The molecule has 0 saturated carbocycles. The molecule has 0 unspecified atom stereocenters. The van der Waals surface area contributed by atoms with Crippen LogP contribution >= 0.6 is 0 Å². The van der Waals surface area contributed by atoms with Crippen LogP contribution in [-0.2, 0) is 0 Å². The fourth-order valence-electron chi connectivity index (χ4n) is 1.32. The maximum Gasteiger partial charge on any atom is 0.337 e. The Bertz CT molecular complexity index is 551. The Morgan fingerprint density at radius 3 is 3.07 bits per heavy atom. The van der Waals surface area contributed by atoms with Gasteiger partial charge in [-0.2, -0.15) is 5.26 Å². The van der Waals surface area contributed by atoms with Crippen molar-refractivity contribution in [1.82, 2.24) is 9.97 Å². The van der Waals surface area contributed by atoms with Crippen LogP contribution in [0.5, 0.6) is 0 Å². The number of aromatic amines is 1. The highest BCUT2D eigenvalue weighted by Crippen LogP contribution is 2.19. The largest absolute Gasteiger partial charge is 0.478 e. The molecule has 5 heteroatoms. The number of hydrogen-bond donors (Lipinski definition) is 2. The van der Waals surface area contributed by atoms with Crippen molar-refractivity contribution in [2.45, 2.75) is 0 Å². The van der Waals surface area contributed by atoms with E-state index in [1.165, 1.54) is 18.5 Å². The number of hydrogen-bond acceptors (Lipinski definition) is 3. The Morgan fingerprint density at radius 2 is 2.43 bits per heavy atom. The topological polar surface area (TPSA) is 89.8 Å². The monoisotopic (exact) mass is 187 g/mol. The Kier molecular flexibility index (Phi) is 1.68. The number of aromatic carboxylic acids is 1. The van der Waals surface area contributed by atoms with Gasteiger partial charge in [0.05, 0.1) is 22.6 Å². The Labute approximate surface area is 78.6 Å². The molecule has 0 aliphatic heterocycles. The van der Waals surface area contributed by atoms with Crippen molar-refractivity contribution in [2.24, 2.45) is 0 Å². The van der Waals surface area contributed by atoms with Gasteiger partial charge >= 0.3 is 5.97 Å². The molecule has 0 amide bonds. The van der Waals surface area contributed by atoms with Crippen LogP contribution in [0.15, 0.2) is 18.5 Å². The van der Waals surface area contributed by atoms with Crippen molar-refractivity contribution >= 4 is 17.0 Å². The number of carbonyl (C=O) groups is 1. The highest BCUT2D eigenvalue weighted by Gasteiger charge is 2.14.